The maximum Gasteiger partial charge on any atom is 0.328 e. The second kappa shape index (κ2) is 4.54. The summed E-state index contributed by atoms with van der Waals surface area (Å²) in [5, 5.41) is 5.77. The maximum absolute atomic E-state index is 11.4. The van der Waals surface area contributed by atoms with Crippen LogP contribution in [0.2, 0.25) is 0 Å². The van der Waals surface area contributed by atoms with Crippen molar-refractivity contribution in [3.63, 3.8) is 0 Å². The number of carbonyl (C=O) groups is 2. The first-order valence-electron chi connectivity index (χ1n) is 4.23. The third-order valence-electron chi connectivity index (χ3n) is 1.63. The molecule has 0 saturated carbocycles. The Morgan fingerprint density at radius 3 is 2.67 bits per heavy atom. The molecule has 0 fully saturated rings. The van der Waals surface area contributed by atoms with E-state index in [9.17, 15) is 9.59 Å². The summed E-state index contributed by atoms with van der Waals surface area (Å²) in [5.41, 5.74) is 0. The molecular weight excluding hydrogens is 202 g/mol. The number of amides is 1. The highest BCUT2D eigenvalue weighted by molar-refractivity contribution is 5.93. The number of aromatic nitrogens is 2. The van der Waals surface area contributed by atoms with Crippen LogP contribution in [0, 0.1) is 6.92 Å². The first kappa shape index (κ1) is 11.2. The smallest absolute Gasteiger partial charge is 0.328 e. The zero-order valence-electron chi connectivity index (χ0n) is 8.60. The second-order valence-corrected chi connectivity index (χ2v) is 2.86. The number of hydrogen-bond acceptors (Lipinski definition) is 6. The molecule has 1 atom stereocenters. The highest BCUT2D eigenvalue weighted by atomic mass is 16.5. The molecule has 82 valence electrons. The SMILES string of the molecule is COC(=O)C(C)NC(=O)c1noc(C)n1. The molecule has 1 aromatic heterocycles. The van der Waals surface area contributed by atoms with Gasteiger partial charge >= 0.3 is 5.97 Å². The zero-order chi connectivity index (χ0) is 11.4. The molecule has 0 saturated heterocycles. The summed E-state index contributed by atoms with van der Waals surface area (Å²) in [4.78, 5) is 26.1. The van der Waals surface area contributed by atoms with E-state index in [4.69, 9.17) is 0 Å². The number of carbonyl (C=O) groups excluding carboxylic acids is 2. The Bertz CT molecular complexity index is 374. The lowest BCUT2D eigenvalue weighted by Crippen LogP contribution is -2.39. The summed E-state index contributed by atoms with van der Waals surface area (Å²) in [6, 6.07) is -0.749. The number of methoxy groups -OCH3 is 1. The van der Waals surface area contributed by atoms with Crippen LogP contribution in [0.4, 0.5) is 0 Å². The number of hydrogen-bond donors (Lipinski definition) is 1. The van der Waals surface area contributed by atoms with Crippen LogP contribution in [0.25, 0.3) is 0 Å². The van der Waals surface area contributed by atoms with Gasteiger partial charge in [0.2, 0.25) is 5.89 Å². The lowest BCUT2D eigenvalue weighted by atomic mass is 10.3. The van der Waals surface area contributed by atoms with Crippen molar-refractivity contribution in [2.75, 3.05) is 7.11 Å². The molecule has 0 aliphatic carbocycles. The quantitative estimate of drug-likeness (QED) is 0.691. The standard InChI is InChI=1S/C8H11N3O4/c1-4(8(13)14-3)9-7(12)6-10-5(2)15-11-6/h4H,1-3H3,(H,9,12). The first-order chi connectivity index (χ1) is 7.04. The predicted molar refractivity (Wildman–Crippen MR) is 48.0 cm³/mol. The van der Waals surface area contributed by atoms with Gasteiger partial charge in [-0.1, -0.05) is 5.16 Å². The number of ether oxygens (including phenoxy) is 1. The Balaban J connectivity index is 2.60. The molecule has 1 amide bonds. The third-order valence-corrected chi connectivity index (χ3v) is 1.63. The van der Waals surface area contributed by atoms with E-state index in [0.717, 1.165) is 0 Å². The highest BCUT2D eigenvalue weighted by Crippen LogP contribution is 1.96. The molecule has 0 radical (unpaired) electrons. The largest absolute Gasteiger partial charge is 0.467 e. The van der Waals surface area contributed by atoms with Crippen LogP contribution in [-0.4, -0.2) is 35.2 Å². The van der Waals surface area contributed by atoms with Crippen LogP contribution < -0.4 is 5.32 Å². The van der Waals surface area contributed by atoms with Gasteiger partial charge in [-0.3, -0.25) is 4.79 Å². The minimum absolute atomic E-state index is 0.108. The Hall–Kier alpha value is -1.92. The number of aryl methyl sites for hydroxylation is 1. The molecular formula is C8H11N3O4. The fourth-order valence-corrected chi connectivity index (χ4v) is 0.888. The van der Waals surface area contributed by atoms with Crippen LogP contribution in [0.5, 0.6) is 0 Å². The van der Waals surface area contributed by atoms with Crippen molar-refractivity contribution in [2.24, 2.45) is 0 Å². The van der Waals surface area contributed by atoms with Crippen molar-refractivity contribution in [3.8, 4) is 0 Å². The van der Waals surface area contributed by atoms with Gasteiger partial charge in [0.05, 0.1) is 7.11 Å². The van der Waals surface area contributed by atoms with E-state index in [1.807, 2.05) is 0 Å². The molecule has 1 aromatic rings. The van der Waals surface area contributed by atoms with E-state index >= 15 is 0 Å². The lowest BCUT2D eigenvalue weighted by Gasteiger charge is -2.08. The monoisotopic (exact) mass is 213 g/mol. The fraction of sp³-hybridized carbons (Fsp3) is 0.500. The van der Waals surface area contributed by atoms with Crippen molar-refractivity contribution < 1.29 is 18.8 Å². The Morgan fingerprint density at radius 1 is 1.53 bits per heavy atom. The number of rotatable bonds is 3. The van der Waals surface area contributed by atoms with E-state index in [0.29, 0.717) is 0 Å². The molecule has 1 rings (SSSR count). The average molecular weight is 213 g/mol. The summed E-state index contributed by atoms with van der Waals surface area (Å²) >= 11 is 0. The first-order valence-corrected chi connectivity index (χ1v) is 4.23. The molecule has 1 heterocycles. The minimum Gasteiger partial charge on any atom is -0.467 e. The topological polar surface area (TPSA) is 94.3 Å². The van der Waals surface area contributed by atoms with Gasteiger partial charge in [-0.05, 0) is 6.92 Å². The molecule has 1 N–H and O–H groups in total. The van der Waals surface area contributed by atoms with E-state index < -0.39 is 17.9 Å². The number of nitrogens with one attached hydrogen (secondary N) is 1. The van der Waals surface area contributed by atoms with E-state index in [-0.39, 0.29) is 11.7 Å². The molecule has 15 heavy (non-hydrogen) atoms. The second-order valence-electron chi connectivity index (χ2n) is 2.86. The molecule has 0 aliphatic heterocycles. The van der Waals surface area contributed by atoms with Gasteiger partial charge in [0.25, 0.3) is 11.7 Å². The molecule has 7 nitrogen and oxygen atoms in total. The summed E-state index contributed by atoms with van der Waals surface area (Å²) in [5.74, 6) is -0.942. The molecule has 1 unspecified atom stereocenters. The average Bonchev–Trinajstić information content (AvgIpc) is 2.63. The number of nitrogens with zero attached hydrogens (tertiary/aromatic N) is 2. The fourth-order valence-electron chi connectivity index (χ4n) is 0.888. The van der Waals surface area contributed by atoms with Crippen molar-refractivity contribution in [2.45, 2.75) is 19.9 Å². The summed E-state index contributed by atoms with van der Waals surface area (Å²) in [7, 11) is 1.24. The zero-order valence-corrected chi connectivity index (χ0v) is 8.60. The minimum atomic E-state index is -0.749. The Labute approximate surface area is 85.8 Å². The van der Waals surface area contributed by atoms with Gasteiger partial charge in [0, 0.05) is 6.92 Å². The van der Waals surface area contributed by atoms with Crippen LogP contribution in [0.1, 0.15) is 23.4 Å². The van der Waals surface area contributed by atoms with Gasteiger partial charge in [-0.25, -0.2) is 4.79 Å². The highest BCUT2D eigenvalue weighted by Gasteiger charge is 2.19. The van der Waals surface area contributed by atoms with Gasteiger partial charge in [0.15, 0.2) is 0 Å². The third kappa shape index (κ3) is 2.76. The van der Waals surface area contributed by atoms with E-state index in [2.05, 4.69) is 24.7 Å². The van der Waals surface area contributed by atoms with Crippen molar-refractivity contribution >= 4 is 11.9 Å². The van der Waals surface area contributed by atoms with Crippen molar-refractivity contribution in [3.05, 3.63) is 11.7 Å². The summed E-state index contributed by atoms with van der Waals surface area (Å²) in [6.45, 7) is 3.06. The van der Waals surface area contributed by atoms with Crippen LogP contribution in [0.3, 0.4) is 0 Å². The summed E-state index contributed by atoms with van der Waals surface area (Å²) in [6.07, 6.45) is 0. The molecule has 0 bridgehead atoms. The van der Waals surface area contributed by atoms with Gasteiger partial charge in [0.1, 0.15) is 6.04 Å². The van der Waals surface area contributed by atoms with Gasteiger partial charge < -0.3 is 14.6 Å². The van der Waals surface area contributed by atoms with E-state index in [1.165, 1.54) is 14.0 Å². The number of esters is 1. The van der Waals surface area contributed by atoms with Crippen LogP contribution >= 0.6 is 0 Å². The van der Waals surface area contributed by atoms with Crippen molar-refractivity contribution in [1.29, 1.82) is 0 Å². The lowest BCUT2D eigenvalue weighted by molar-refractivity contribution is -0.142. The van der Waals surface area contributed by atoms with Gasteiger partial charge in [-0.15, -0.1) is 0 Å². The Kier molecular flexibility index (Phi) is 3.37. The normalized spacial score (nSPS) is 11.9. The van der Waals surface area contributed by atoms with Crippen molar-refractivity contribution in [1.82, 2.24) is 15.5 Å². The molecule has 0 spiro atoms. The van der Waals surface area contributed by atoms with E-state index in [1.54, 1.807) is 6.92 Å². The molecule has 0 aromatic carbocycles. The molecule has 0 aliphatic rings. The van der Waals surface area contributed by atoms with Crippen LogP contribution in [0.15, 0.2) is 4.52 Å². The maximum atomic E-state index is 11.4. The summed E-state index contributed by atoms with van der Waals surface area (Å²) < 4.78 is 9.05. The van der Waals surface area contributed by atoms with Gasteiger partial charge in [-0.2, -0.15) is 4.98 Å². The predicted octanol–water partition coefficient (Wildman–Crippen LogP) is -0.331. The Morgan fingerprint density at radius 2 is 2.20 bits per heavy atom. The van der Waals surface area contributed by atoms with Crippen LogP contribution in [-0.2, 0) is 9.53 Å². The molecule has 7 heteroatoms.